The molecular formula is C11H15BrN2O3S. The fourth-order valence-electron chi connectivity index (χ4n) is 1.87. The summed E-state index contributed by atoms with van der Waals surface area (Å²) in [5.41, 5.74) is 5.39. The van der Waals surface area contributed by atoms with Crippen LogP contribution in [0.3, 0.4) is 0 Å². The van der Waals surface area contributed by atoms with Gasteiger partial charge in [-0.2, -0.15) is 0 Å². The number of nitrogens with two attached hydrogens (primary N) is 1. The van der Waals surface area contributed by atoms with Gasteiger partial charge in [-0.1, -0.05) is 15.9 Å². The van der Waals surface area contributed by atoms with Gasteiger partial charge in [0.15, 0.2) is 0 Å². The summed E-state index contributed by atoms with van der Waals surface area (Å²) in [5, 5.41) is 0. The first kappa shape index (κ1) is 13.8. The van der Waals surface area contributed by atoms with Gasteiger partial charge in [0, 0.05) is 11.1 Å². The normalized spacial score (nSPS) is 24.3. The molecule has 0 saturated carbocycles. The molecule has 0 radical (unpaired) electrons. The van der Waals surface area contributed by atoms with E-state index in [1.165, 1.54) is 6.07 Å². The Morgan fingerprint density at radius 1 is 1.50 bits per heavy atom. The van der Waals surface area contributed by atoms with Crippen molar-refractivity contribution in [2.75, 3.05) is 18.9 Å². The van der Waals surface area contributed by atoms with E-state index in [0.717, 1.165) is 0 Å². The third-order valence-corrected chi connectivity index (χ3v) is 5.05. The van der Waals surface area contributed by atoms with Gasteiger partial charge in [-0.15, -0.1) is 0 Å². The molecule has 1 aromatic rings. The summed E-state index contributed by atoms with van der Waals surface area (Å²) in [6, 6.07) is 4.76. The second-order valence-electron chi connectivity index (χ2n) is 4.65. The maximum absolute atomic E-state index is 12.3. The van der Waals surface area contributed by atoms with E-state index in [2.05, 4.69) is 20.7 Å². The Bertz CT molecular complexity index is 553. The predicted octanol–water partition coefficient (Wildman–Crippen LogP) is 1.49. The Hall–Kier alpha value is -0.630. The summed E-state index contributed by atoms with van der Waals surface area (Å²) < 4.78 is 33.2. The van der Waals surface area contributed by atoms with E-state index >= 15 is 0 Å². The van der Waals surface area contributed by atoms with Gasteiger partial charge in [0.1, 0.15) is 4.90 Å². The highest BCUT2D eigenvalue weighted by Crippen LogP contribution is 2.26. The van der Waals surface area contributed by atoms with Crippen molar-refractivity contribution in [3.63, 3.8) is 0 Å². The molecule has 1 fully saturated rings. The van der Waals surface area contributed by atoms with E-state index in [1.54, 1.807) is 12.1 Å². The van der Waals surface area contributed by atoms with Crippen molar-refractivity contribution in [1.82, 2.24) is 4.72 Å². The van der Waals surface area contributed by atoms with Crippen LogP contribution in [-0.4, -0.2) is 27.2 Å². The number of sulfonamides is 1. The number of nitrogens with one attached hydrogen (secondary N) is 1. The Morgan fingerprint density at radius 3 is 2.83 bits per heavy atom. The second kappa shape index (κ2) is 4.80. The first-order valence-corrected chi connectivity index (χ1v) is 7.77. The number of hydrogen-bond acceptors (Lipinski definition) is 4. The molecule has 0 aliphatic carbocycles. The maximum Gasteiger partial charge on any atom is 0.243 e. The molecule has 1 aliphatic heterocycles. The van der Waals surface area contributed by atoms with E-state index in [-0.39, 0.29) is 10.6 Å². The van der Waals surface area contributed by atoms with Crippen molar-refractivity contribution >= 4 is 31.6 Å². The molecule has 2 rings (SSSR count). The first-order chi connectivity index (χ1) is 8.32. The zero-order chi connectivity index (χ0) is 13.4. The molecule has 1 saturated heterocycles. The monoisotopic (exact) mass is 334 g/mol. The Labute approximate surface area is 115 Å². The van der Waals surface area contributed by atoms with E-state index < -0.39 is 15.6 Å². The van der Waals surface area contributed by atoms with E-state index in [0.29, 0.717) is 24.1 Å². The number of rotatable bonds is 3. The predicted molar refractivity (Wildman–Crippen MR) is 72.7 cm³/mol. The highest BCUT2D eigenvalue weighted by molar-refractivity contribution is 9.10. The van der Waals surface area contributed by atoms with Crippen LogP contribution in [-0.2, 0) is 14.8 Å². The lowest BCUT2D eigenvalue weighted by atomic mass is 10.0. The average Bonchev–Trinajstić information content (AvgIpc) is 2.67. The van der Waals surface area contributed by atoms with Crippen molar-refractivity contribution in [2.24, 2.45) is 0 Å². The van der Waals surface area contributed by atoms with Gasteiger partial charge in [0.25, 0.3) is 0 Å². The summed E-state index contributed by atoms with van der Waals surface area (Å²) in [6.07, 6.45) is 0.653. The summed E-state index contributed by atoms with van der Waals surface area (Å²) in [7, 11) is -3.64. The summed E-state index contributed by atoms with van der Waals surface area (Å²) >= 11 is 3.24. The summed E-state index contributed by atoms with van der Waals surface area (Å²) in [6.45, 7) is 2.76. The largest absolute Gasteiger partial charge is 0.398 e. The maximum atomic E-state index is 12.3. The molecular weight excluding hydrogens is 320 g/mol. The van der Waals surface area contributed by atoms with Gasteiger partial charge >= 0.3 is 0 Å². The molecule has 7 heteroatoms. The van der Waals surface area contributed by atoms with E-state index in [9.17, 15) is 8.42 Å². The third-order valence-electron chi connectivity index (χ3n) is 2.86. The molecule has 1 heterocycles. The van der Waals surface area contributed by atoms with Crippen LogP contribution in [0.2, 0.25) is 0 Å². The van der Waals surface area contributed by atoms with Crippen LogP contribution in [0.1, 0.15) is 13.3 Å². The van der Waals surface area contributed by atoms with Crippen molar-refractivity contribution < 1.29 is 13.2 Å². The smallest absolute Gasteiger partial charge is 0.243 e. The number of nitrogen functional groups attached to an aromatic ring is 1. The minimum atomic E-state index is -3.64. The molecule has 0 amide bonds. The van der Waals surface area contributed by atoms with Gasteiger partial charge in [0.05, 0.1) is 17.8 Å². The standard InChI is InChI=1S/C11H15BrN2O3S/c1-11(4-5-17-7-11)14-18(15,16)10-6-8(12)2-3-9(10)13/h2-3,6,14H,4-5,7,13H2,1H3. The summed E-state index contributed by atoms with van der Waals surface area (Å²) in [5.74, 6) is 0. The Morgan fingerprint density at radius 2 is 2.22 bits per heavy atom. The van der Waals surface area contributed by atoms with Crippen molar-refractivity contribution in [1.29, 1.82) is 0 Å². The van der Waals surface area contributed by atoms with Gasteiger partial charge < -0.3 is 10.5 Å². The second-order valence-corrected chi connectivity index (χ2v) is 7.22. The van der Waals surface area contributed by atoms with Gasteiger partial charge in [-0.05, 0) is 31.5 Å². The molecule has 0 aromatic heterocycles. The number of hydrogen-bond donors (Lipinski definition) is 2. The lowest BCUT2D eigenvalue weighted by molar-refractivity contribution is 0.178. The lowest BCUT2D eigenvalue weighted by Crippen LogP contribution is -2.46. The average molecular weight is 335 g/mol. The zero-order valence-electron chi connectivity index (χ0n) is 9.94. The van der Waals surface area contributed by atoms with Crippen molar-refractivity contribution in [2.45, 2.75) is 23.8 Å². The molecule has 100 valence electrons. The Balaban J connectivity index is 2.33. The van der Waals surface area contributed by atoms with Crippen molar-refractivity contribution in [3.8, 4) is 0 Å². The Kier molecular flexibility index (Phi) is 3.68. The molecule has 1 unspecified atom stereocenters. The van der Waals surface area contributed by atoms with Gasteiger partial charge in [-0.3, -0.25) is 0 Å². The molecule has 0 spiro atoms. The molecule has 3 N–H and O–H groups in total. The number of anilines is 1. The topological polar surface area (TPSA) is 81.4 Å². The highest BCUT2D eigenvalue weighted by atomic mass is 79.9. The molecule has 18 heavy (non-hydrogen) atoms. The third kappa shape index (κ3) is 2.85. The van der Waals surface area contributed by atoms with Gasteiger partial charge in [0.2, 0.25) is 10.0 Å². The lowest BCUT2D eigenvalue weighted by Gasteiger charge is -2.23. The van der Waals surface area contributed by atoms with Crippen LogP contribution in [0, 0.1) is 0 Å². The van der Waals surface area contributed by atoms with Crippen molar-refractivity contribution in [3.05, 3.63) is 22.7 Å². The van der Waals surface area contributed by atoms with Crippen LogP contribution in [0.25, 0.3) is 0 Å². The summed E-state index contributed by atoms with van der Waals surface area (Å²) in [4.78, 5) is 0.0880. The van der Waals surface area contributed by atoms with Gasteiger partial charge in [-0.25, -0.2) is 13.1 Å². The molecule has 1 aliphatic rings. The fourth-order valence-corrected chi connectivity index (χ4v) is 3.96. The minimum absolute atomic E-state index is 0.0880. The van der Waals surface area contributed by atoms with Crippen LogP contribution in [0.5, 0.6) is 0 Å². The van der Waals surface area contributed by atoms with E-state index in [1.807, 2.05) is 6.92 Å². The van der Waals surface area contributed by atoms with Crippen LogP contribution in [0.4, 0.5) is 5.69 Å². The van der Waals surface area contributed by atoms with Crippen LogP contribution in [0.15, 0.2) is 27.6 Å². The van der Waals surface area contributed by atoms with Crippen LogP contribution >= 0.6 is 15.9 Å². The highest BCUT2D eigenvalue weighted by Gasteiger charge is 2.35. The zero-order valence-corrected chi connectivity index (χ0v) is 12.3. The quantitative estimate of drug-likeness (QED) is 0.820. The SMILES string of the molecule is CC1(NS(=O)(=O)c2cc(Br)ccc2N)CCOC1. The first-order valence-electron chi connectivity index (χ1n) is 5.49. The number of ether oxygens (including phenoxy) is 1. The molecule has 1 atom stereocenters. The molecule has 0 bridgehead atoms. The minimum Gasteiger partial charge on any atom is -0.398 e. The fraction of sp³-hybridized carbons (Fsp3) is 0.455. The number of benzene rings is 1. The van der Waals surface area contributed by atoms with E-state index in [4.69, 9.17) is 10.5 Å². The number of halogens is 1. The van der Waals surface area contributed by atoms with Crippen LogP contribution < -0.4 is 10.5 Å². The molecule has 5 nitrogen and oxygen atoms in total. The molecule has 1 aromatic carbocycles.